The van der Waals surface area contributed by atoms with Crippen molar-refractivity contribution in [3.63, 3.8) is 0 Å². The Kier molecular flexibility index (Phi) is 9.88. The monoisotopic (exact) mass is 581 g/mol. The molecule has 0 saturated carbocycles. The molecule has 0 spiro atoms. The molecule has 0 bridgehead atoms. The Morgan fingerprint density at radius 1 is 1.18 bits per heavy atom. The summed E-state index contributed by atoms with van der Waals surface area (Å²) in [5.41, 5.74) is 0.384. The fraction of sp³-hybridized carbons (Fsp3) is 0.333. The van der Waals surface area contributed by atoms with Crippen LogP contribution in [0.3, 0.4) is 0 Å². The summed E-state index contributed by atoms with van der Waals surface area (Å²) in [6.07, 6.45) is -0.429. The van der Waals surface area contributed by atoms with Crippen LogP contribution in [0.25, 0.3) is 0 Å². The largest absolute Gasteiger partial charge is 0.394 e. The summed E-state index contributed by atoms with van der Waals surface area (Å²) >= 11 is 1.88. The lowest BCUT2D eigenvalue weighted by Gasteiger charge is -2.24. The Balaban J connectivity index is 2.54. The molecule has 0 saturated heterocycles. The van der Waals surface area contributed by atoms with Crippen LogP contribution in [0.5, 0.6) is 0 Å². The number of halogens is 4. The van der Waals surface area contributed by atoms with Gasteiger partial charge in [0.1, 0.15) is 5.82 Å². The maximum Gasteiger partial charge on any atom is 0.277 e. The first-order valence-corrected chi connectivity index (χ1v) is 10.8. The van der Waals surface area contributed by atoms with E-state index in [0.717, 1.165) is 11.1 Å². The number of hydroxylamine groups is 3. The van der Waals surface area contributed by atoms with Gasteiger partial charge in [0, 0.05) is 16.1 Å². The number of rotatable bonds is 10. The molecule has 2 rings (SSSR count). The van der Waals surface area contributed by atoms with Gasteiger partial charge in [0.25, 0.3) is 5.91 Å². The number of hydrogen-bond donors (Lipinski definition) is 3. The van der Waals surface area contributed by atoms with E-state index in [1.807, 2.05) is 28.1 Å². The van der Waals surface area contributed by atoms with Crippen molar-refractivity contribution < 1.29 is 37.5 Å². The number of benzene rings is 2. The van der Waals surface area contributed by atoms with Crippen LogP contribution in [-0.4, -0.2) is 41.3 Å². The van der Waals surface area contributed by atoms with Crippen LogP contribution in [-0.2, 0) is 21.0 Å². The lowest BCUT2D eigenvalue weighted by Crippen LogP contribution is -2.32. The summed E-state index contributed by atoms with van der Waals surface area (Å²) in [4.78, 5) is 34.6. The van der Waals surface area contributed by atoms with E-state index in [1.54, 1.807) is 13.8 Å². The molecule has 0 aliphatic heterocycles. The van der Waals surface area contributed by atoms with Crippen molar-refractivity contribution in [1.29, 1.82) is 0 Å². The number of carbonyl (C=O) groups excluding carboxylic acids is 2. The summed E-state index contributed by atoms with van der Waals surface area (Å²) in [5.74, 6) is -5.12. The summed E-state index contributed by atoms with van der Waals surface area (Å²) in [5, 5.41) is 12.1. The Morgan fingerprint density at radius 3 is 2.45 bits per heavy atom. The molecule has 0 aromatic heterocycles. The highest BCUT2D eigenvalue weighted by atomic mass is 127. The molecule has 0 aliphatic carbocycles. The molecule has 8 nitrogen and oxygen atoms in total. The Labute approximate surface area is 202 Å². The van der Waals surface area contributed by atoms with Crippen LogP contribution in [0, 0.1) is 21.0 Å². The maximum absolute atomic E-state index is 15.1. The maximum atomic E-state index is 15.1. The number of aliphatic hydroxyl groups is 1. The zero-order valence-electron chi connectivity index (χ0n) is 18.0. The third-order valence-electron chi connectivity index (χ3n) is 4.08. The Morgan fingerprint density at radius 2 is 1.88 bits per heavy atom. The normalized spacial score (nSPS) is 10.9. The van der Waals surface area contributed by atoms with E-state index >= 15 is 4.39 Å². The topological polar surface area (TPSA) is 100 Å². The van der Waals surface area contributed by atoms with Crippen LogP contribution in [0.4, 0.5) is 24.5 Å². The fourth-order valence-corrected chi connectivity index (χ4v) is 3.12. The molecule has 0 unspecified atom stereocenters. The number of aliphatic hydroxyl groups excluding tert-OH is 1. The second-order valence-corrected chi connectivity index (χ2v) is 8.29. The lowest BCUT2D eigenvalue weighted by molar-refractivity contribution is -0.202. The second-order valence-electron chi connectivity index (χ2n) is 7.05. The molecule has 0 fully saturated rings. The minimum Gasteiger partial charge on any atom is -0.394 e. The highest BCUT2D eigenvalue weighted by molar-refractivity contribution is 14.1. The van der Waals surface area contributed by atoms with Gasteiger partial charge < -0.3 is 10.4 Å². The second kappa shape index (κ2) is 12.2. The molecule has 2 aromatic carbocycles. The number of nitrogens with one attached hydrogen (secondary N) is 2. The van der Waals surface area contributed by atoms with Gasteiger partial charge in [0.2, 0.25) is 5.91 Å². The number of anilines is 2. The van der Waals surface area contributed by atoms with Gasteiger partial charge >= 0.3 is 0 Å². The summed E-state index contributed by atoms with van der Waals surface area (Å²) in [7, 11) is 0. The Hall–Kier alpha value is -2.42. The quantitative estimate of drug-likeness (QED) is 0.225. The number of carbonyl (C=O) groups is 2. The summed E-state index contributed by atoms with van der Waals surface area (Å²) in [6, 6.07) is 5.01. The SMILES string of the molecule is CC(=O)N(Cc1cc(C(=O)NOCCO)c(Nc2ccc(I)cc2F)c(F)c1F)OC(C)C. The van der Waals surface area contributed by atoms with E-state index in [4.69, 9.17) is 14.8 Å². The van der Waals surface area contributed by atoms with Gasteiger partial charge in [-0.05, 0) is 60.7 Å². The summed E-state index contributed by atoms with van der Waals surface area (Å²) < 4.78 is 44.9. The molecule has 0 heterocycles. The zero-order chi connectivity index (χ0) is 24.7. The van der Waals surface area contributed by atoms with Gasteiger partial charge in [-0.25, -0.2) is 23.7 Å². The standard InChI is InChI=1S/C21H23F3IN3O5/c1-11(2)33-28(12(3)30)10-13-8-15(21(31)27-32-7-6-29)20(19(24)18(13)23)26-17-5-4-14(25)9-16(17)22/h4-5,8-9,11,26,29H,6-7,10H2,1-3H3,(H,27,31). The molecule has 2 amide bonds. The molecule has 3 N–H and O–H groups in total. The van der Waals surface area contributed by atoms with Crippen LogP contribution >= 0.6 is 22.6 Å². The minimum atomic E-state index is -1.47. The number of nitrogens with zero attached hydrogens (tertiary/aromatic N) is 1. The zero-order valence-corrected chi connectivity index (χ0v) is 20.2. The van der Waals surface area contributed by atoms with E-state index in [9.17, 15) is 18.4 Å². The van der Waals surface area contributed by atoms with Gasteiger partial charge in [0.15, 0.2) is 11.6 Å². The van der Waals surface area contributed by atoms with E-state index in [-0.39, 0.29) is 17.9 Å². The fourth-order valence-electron chi connectivity index (χ4n) is 2.67. The van der Waals surface area contributed by atoms with Gasteiger partial charge in [-0.2, -0.15) is 0 Å². The smallest absolute Gasteiger partial charge is 0.277 e. The molecule has 2 aromatic rings. The van der Waals surface area contributed by atoms with Gasteiger partial charge in [-0.15, -0.1) is 0 Å². The van der Waals surface area contributed by atoms with Crippen molar-refractivity contribution in [3.05, 3.63) is 56.4 Å². The van der Waals surface area contributed by atoms with E-state index in [2.05, 4.69) is 5.32 Å². The first-order valence-electron chi connectivity index (χ1n) is 9.75. The minimum absolute atomic E-state index is 0.194. The first kappa shape index (κ1) is 26.8. The van der Waals surface area contributed by atoms with Gasteiger partial charge in [-0.3, -0.25) is 19.3 Å². The summed E-state index contributed by atoms with van der Waals surface area (Å²) in [6.45, 7) is 3.33. The van der Waals surface area contributed by atoms with Crippen LogP contribution in [0.15, 0.2) is 24.3 Å². The predicted octanol–water partition coefficient (Wildman–Crippen LogP) is 3.79. The first-order chi connectivity index (χ1) is 15.5. The van der Waals surface area contributed by atoms with Crippen molar-refractivity contribution in [3.8, 4) is 0 Å². The van der Waals surface area contributed by atoms with Crippen LogP contribution in [0.1, 0.15) is 36.7 Å². The average Bonchev–Trinajstić information content (AvgIpc) is 2.73. The van der Waals surface area contributed by atoms with E-state index < -0.39 is 59.8 Å². The number of amides is 2. The van der Waals surface area contributed by atoms with Crippen molar-refractivity contribution in [2.24, 2.45) is 0 Å². The molecule has 33 heavy (non-hydrogen) atoms. The molecule has 180 valence electrons. The Bertz CT molecular complexity index is 1020. The van der Waals surface area contributed by atoms with E-state index in [0.29, 0.717) is 3.57 Å². The predicted molar refractivity (Wildman–Crippen MR) is 122 cm³/mol. The van der Waals surface area contributed by atoms with Gasteiger partial charge in [-0.1, -0.05) is 0 Å². The van der Waals surface area contributed by atoms with Crippen molar-refractivity contribution >= 4 is 45.8 Å². The third kappa shape index (κ3) is 7.28. The van der Waals surface area contributed by atoms with Crippen LogP contribution in [0.2, 0.25) is 0 Å². The van der Waals surface area contributed by atoms with Crippen LogP contribution < -0.4 is 10.8 Å². The highest BCUT2D eigenvalue weighted by Gasteiger charge is 2.26. The van der Waals surface area contributed by atoms with Gasteiger partial charge in [0.05, 0.1) is 42.8 Å². The van der Waals surface area contributed by atoms with Crippen molar-refractivity contribution in [1.82, 2.24) is 10.5 Å². The molecule has 0 radical (unpaired) electrons. The molecule has 0 atom stereocenters. The van der Waals surface area contributed by atoms with E-state index in [1.165, 1.54) is 25.1 Å². The number of hydrogen-bond acceptors (Lipinski definition) is 6. The molecule has 0 aliphatic rings. The third-order valence-corrected chi connectivity index (χ3v) is 4.75. The molecule has 12 heteroatoms. The molecular weight excluding hydrogens is 558 g/mol. The highest BCUT2D eigenvalue weighted by Crippen LogP contribution is 2.31. The van der Waals surface area contributed by atoms with Crippen molar-refractivity contribution in [2.45, 2.75) is 33.4 Å². The average molecular weight is 581 g/mol. The lowest BCUT2D eigenvalue weighted by atomic mass is 10.1. The van der Waals surface area contributed by atoms with Crippen molar-refractivity contribution in [2.75, 3.05) is 18.5 Å². The molecular formula is C21H23F3IN3O5.